The molecule has 0 aliphatic carbocycles. The van der Waals surface area contributed by atoms with Crippen molar-refractivity contribution in [3.63, 3.8) is 0 Å². The van der Waals surface area contributed by atoms with Crippen LogP contribution in [0.15, 0.2) is 18.2 Å². The highest BCUT2D eigenvalue weighted by molar-refractivity contribution is 5.96. The van der Waals surface area contributed by atoms with Gasteiger partial charge in [-0.3, -0.25) is 0 Å². The molecule has 0 aromatic heterocycles. The van der Waals surface area contributed by atoms with Crippen LogP contribution < -0.4 is 0 Å². The van der Waals surface area contributed by atoms with Gasteiger partial charge in [0.15, 0.2) is 11.6 Å². The molecule has 1 N–H and O–H groups in total. The Bertz CT molecular complexity index is 294. The summed E-state index contributed by atoms with van der Waals surface area (Å²) in [7, 11) is 0. The van der Waals surface area contributed by atoms with Crippen LogP contribution in [-0.2, 0) is 0 Å². The van der Waals surface area contributed by atoms with E-state index in [9.17, 15) is 8.78 Å². The second-order valence-electron chi connectivity index (χ2n) is 2.25. The first-order valence-corrected chi connectivity index (χ1v) is 3.12. The third kappa shape index (κ3) is 1.61. The highest BCUT2D eigenvalue weighted by atomic mass is 19.2. The summed E-state index contributed by atoms with van der Waals surface area (Å²) in [6.45, 7) is 1.52. The van der Waals surface area contributed by atoms with Gasteiger partial charge in [0.25, 0.3) is 0 Å². The molecule has 0 atom stereocenters. The Morgan fingerprint density at radius 2 is 1.91 bits per heavy atom. The number of hydrogen-bond donors (Lipinski definition) is 1. The van der Waals surface area contributed by atoms with Crippen molar-refractivity contribution in [2.45, 2.75) is 6.92 Å². The van der Waals surface area contributed by atoms with Crippen molar-refractivity contribution in [1.82, 2.24) is 0 Å². The van der Waals surface area contributed by atoms with E-state index in [0.29, 0.717) is 5.56 Å². The van der Waals surface area contributed by atoms with Gasteiger partial charge in [0, 0.05) is 5.71 Å². The van der Waals surface area contributed by atoms with Crippen molar-refractivity contribution >= 4 is 5.71 Å². The molecule has 0 aliphatic heterocycles. The third-order valence-corrected chi connectivity index (χ3v) is 1.35. The van der Waals surface area contributed by atoms with Crippen LogP contribution in [0.25, 0.3) is 0 Å². The quantitative estimate of drug-likeness (QED) is 0.602. The maximum atomic E-state index is 12.5. The maximum Gasteiger partial charge on any atom is 0.159 e. The first-order valence-electron chi connectivity index (χ1n) is 3.12. The lowest BCUT2D eigenvalue weighted by atomic mass is 10.1. The topological polar surface area (TPSA) is 23.9 Å². The molecule has 1 rings (SSSR count). The molecule has 0 radical (unpaired) electrons. The first kappa shape index (κ1) is 7.85. The van der Waals surface area contributed by atoms with Gasteiger partial charge in [-0.25, -0.2) is 8.78 Å². The molecule has 0 bridgehead atoms. The Kier molecular flexibility index (Phi) is 1.98. The molecule has 11 heavy (non-hydrogen) atoms. The predicted molar refractivity (Wildman–Crippen MR) is 38.9 cm³/mol. The van der Waals surface area contributed by atoms with E-state index in [0.717, 1.165) is 12.1 Å². The number of benzene rings is 1. The van der Waals surface area contributed by atoms with E-state index in [1.165, 1.54) is 13.0 Å². The molecule has 0 fully saturated rings. The minimum Gasteiger partial charge on any atom is -0.305 e. The van der Waals surface area contributed by atoms with Crippen molar-refractivity contribution in [2.24, 2.45) is 0 Å². The Labute approximate surface area is 63.2 Å². The Morgan fingerprint density at radius 1 is 1.27 bits per heavy atom. The standard InChI is InChI=1S/C8H7F2N/c1-5(11)6-2-3-7(9)8(10)4-6/h2-4,11H,1H3. The summed E-state index contributed by atoms with van der Waals surface area (Å²) in [4.78, 5) is 0. The average Bonchev–Trinajstić information content (AvgIpc) is 1.94. The van der Waals surface area contributed by atoms with Crippen molar-refractivity contribution in [1.29, 1.82) is 5.41 Å². The van der Waals surface area contributed by atoms with Crippen LogP contribution in [0, 0.1) is 17.0 Å². The molecule has 1 nitrogen and oxygen atoms in total. The first-order chi connectivity index (χ1) is 5.11. The van der Waals surface area contributed by atoms with Crippen LogP contribution in [0.2, 0.25) is 0 Å². The zero-order valence-corrected chi connectivity index (χ0v) is 5.99. The van der Waals surface area contributed by atoms with Crippen molar-refractivity contribution in [3.8, 4) is 0 Å². The normalized spacial score (nSPS) is 9.73. The summed E-state index contributed by atoms with van der Waals surface area (Å²) in [6.07, 6.45) is 0. The fourth-order valence-corrected chi connectivity index (χ4v) is 0.729. The monoisotopic (exact) mass is 155 g/mol. The molecule has 0 heterocycles. The van der Waals surface area contributed by atoms with Gasteiger partial charge in [-0.1, -0.05) is 6.07 Å². The fraction of sp³-hybridized carbons (Fsp3) is 0.125. The van der Waals surface area contributed by atoms with Crippen LogP contribution in [-0.4, -0.2) is 5.71 Å². The molecule has 0 unspecified atom stereocenters. The van der Waals surface area contributed by atoms with Crippen LogP contribution in [0.4, 0.5) is 8.78 Å². The molecular weight excluding hydrogens is 148 g/mol. The molecule has 1 aromatic rings. The highest BCUT2D eigenvalue weighted by Gasteiger charge is 2.02. The summed E-state index contributed by atoms with van der Waals surface area (Å²) in [6, 6.07) is 3.40. The summed E-state index contributed by atoms with van der Waals surface area (Å²) >= 11 is 0. The molecule has 3 heteroatoms. The molecule has 0 spiro atoms. The molecule has 0 saturated carbocycles. The zero-order chi connectivity index (χ0) is 8.43. The SMILES string of the molecule is CC(=N)c1ccc(F)c(F)c1. The van der Waals surface area contributed by atoms with Crippen LogP contribution in [0.3, 0.4) is 0 Å². The van der Waals surface area contributed by atoms with E-state index in [1.54, 1.807) is 0 Å². The van der Waals surface area contributed by atoms with E-state index >= 15 is 0 Å². The zero-order valence-electron chi connectivity index (χ0n) is 5.99. The lowest BCUT2D eigenvalue weighted by molar-refractivity contribution is 0.508. The largest absolute Gasteiger partial charge is 0.305 e. The highest BCUT2D eigenvalue weighted by Crippen LogP contribution is 2.08. The Morgan fingerprint density at radius 3 is 2.36 bits per heavy atom. The maximum absolute atomic E-state index is 12.5. The molecule has 0 amide bonds. The minimum absolute atomic E-state index is 0.226. The Hall–Kier alpha value is -1.25. The van der Waals surface area contributed by atoms with E-state index in [2.05, 4.69) is 0 Å². The van der Waals surface area contributed by atoms with E-state index in [-0.39, 0.29) is 5.71 Å². The fourth-order valence-electron chi connectivity index (χ4n) is 0.729. The van der Waals surface area contributed by atoms with Gasteiger partial charge in [0.2, 0.25) is 0 Å². The summed E-state index contributed by atoms with van der Waals surface area (Å²) < 4.78 is 24.8. The lowest BCUT2D eigenvalue weighted by Gasteiger charge is -1.97. The van der Waals surface area contributed by atoms with Gasteiger partial charge >= 0.3 is 0 Å². The van der Waals surface area contributed by atoms with Gasteiger partial charge in [-0.2, -0.15) is 0 Å². The van der Waals surface area contributed by atoms with E-state index < -0.39 is 11.6 Å². The molecule has 0 aliphatic rings. The smallest absolute Gasteiger partial charge is 0.159 e. The van der Waals surface area contributed by atoms with Crippen molar-refractivity contribution < 1.29 is 8.78 Å². The lowest BCUT2D eigenvalue weighted by Crippen LogP contribution is -1.94. The molecular formula is C8H7F2N. The third-order valence-electron chi connectivity index (χ3n) is 1.35. The van der Waals surface area contributed by atoms with Crippen LogP contribution in [0.1, 0.15) is 12.5 Å². The number of rotatable bonds is 1. The average molecular weight is 155 g/mol. The van der Waals surface area contributed by atoms with Gasteiger partial charge in [-0.15, -0.1) is 0 Å². The Balaban J connectivity index is 3.15. The van der Waals surface area contributed by atoms with Crippen LogP contribution in [0.5, 0.6) is 0 Å². The minimum atomic E-state index is -0.908. The molecule has 58 valence electrons. The summed E-state index contributed by atoms with van der Waals surface area (Å²) in [5.74, 6) is -1.79. The van der Waals surface area contributed by atoms with E-state index in [1.807, 2.05) is 0 Å². The number of nitrogens with one attached hydrogen (secondary N) is 1. The van der Waals surface area contributed by atoms with Gasteiger partial charge in [-0.05, 0) is 24.6 Å². The molecule has 0 saturated heterocycles. The molecule has 1 aromatic carbocycles. The second kappa shape index (κ2) is 2.78. The number of halogens is 2. The van der Waals surface area contributed by atoms with Gasteiger partial charge in [0.05, 0.1) is 0 Å². The van der Waals surface area contributed by atoms with E-state index in [4.69, 9.17) is 5.41 Å². The van der Waals surface area contributed by atoms with Crippen molar-refractivity contribution in [2.75, 3.05) is 0 Å². The van der Waals surface area contributed by atoms with Gasteiger partial charge < -0.3 is 5.41 Å². The summed E-state index contributed by atoms with van der Waals surface area (Å²) in [5, 5.41) is 7.11. The summed E-state index contributed by atoms with van der Waals surface area (Å²) in [5.41, 5.74) is 0.632. The predicted octanol–water partition coefficient (Wildman–Crippen LogP) is 2.35. The number of hydrogen-bond acceptors (Lipinski definition) is 1. The van der Waals surface area contributed by atoms with Crippen LogP contribution >= 0.6 is 0 Å². The van der Waals surface area contributed by atoms with Gasteiger partial charge in [0.1, 0.15) is 0 Å². The van der Waals surface area contributed by atoms with Crippen molar-refractivity contribution in [3.05, 3.63) is 35.4 Å². The second-order valence-corrected chi connectivity index (χ2v) is 2.25.